The molecule has 0 amide bonds. The van der Waals surface area contributed by atoms with Gasteiger partial charge in [-0.05, 0) is 24.6 Å². The van der Waals surface area contributed by atoms with Crippen molar-refractivity contribution in [3.63, 3.8) is 0 Å². The molecule has 1 fully saturated rings. The second-order valence-electron chi connectivity index (χ2n) is 6.23. The monoisotopic (exact) mass is 375 g/mol. The Morgan fingerprint density at radius 1 is 1.12 bits per heavy atom. The lowest BCUT2D eigenvalue weighted by atomic mass is 9.87. The van der Waals surface area contributed by atoms with E-state index in [2.05, 4.69) is 4.72 Å². The van der Waals surface area contributed by atoms with Crippen LogP contribution in [0.15, 0.2) is 53.4 Å². The molecule has 8 heteroatoms. The van der Waals surface area contributed by atoms with Gasteiger partial charge in [0.1, 0.15) is 17.4 Å². The molecule has 2 N–H and O–H groups in total. The van der Waals surface area contributed by atoms with E-state index in [1.165, 1.54) is 18.2 Å². The fourth-order valence-electron chi connectivity index (χ4n) is 3.49. The third-order valence-electron chi connectivity index (χ3n) is 4.68. The Hall–Kier alpha value is -2.42. The van der Waals surface area contributed by atoms with Crippen molar-refractivity contribution in [3.8, 4) is 5.75 Å². The van der Waals surface area contributed by atoms with Crippen molar-refractivity contribution in [2.45, 2.75) is 29.6 Å². The Morgan fingerprint density at radius 3 is 2.62 bits per heavy atom. The molecule has 0 aliphatic carbocycles. The zero-order valence-corrected chi connectivity index (χ0v) is 14.5. The van der Waals surface area contributed by atoms with Crippen molar-refractivity contribution in [2.24, 2.45) is 0 Å². The van der Waals surface area contributed by atoms with Gasteiger partial charge < -0.3 is 14.6 Å². The number of carboxylic acid groups (broad SMARTS) is 1. The lowest BCUT2D eigenvalue weighted by Gasteiger charge is -2.35. The second kappa shape index (κ2) is 6.39. The molecule has 3 atom stereocenters. The number of rotatable bonds is 4. The zero-order chi connectivity index (χ0) is 18.3. The number of carboxylic acids is 1. The van der Waals surface area contributed by atoms with E-state index in [-0.39, 0.29) is 22.1 Å². The maximum absolute atomic E-state index is 12.7. The quantitative estimate of drug-likeness (QED) is 0.847. The molecule has 2 aromatic rings. The van der Waals surface area contributed by atoms with E-state index in [4.69, 9.17) is 9.47 Å². The summed E-state index contributed by atoms with van der Waals surface area (Å²) >= 11 is 0. The highest BCUT2D eigenvalue weighted by Gasteiger charge is 2.45. The lowest BCUT2D eigenvalue weighted by molar-refractivity contribution is -0.0119. The average Bonchev–Trinajstić information content (AvgIpc) is 3.12. The van der Waals surface area contributed by atoms with Crippen LogP contribution in [0, 0.1) is 0 Å². The fraction of sp³-hybridized carbons (Fsp3) is 0.278. The number of benzene rings is 2. The second-order valence-corrected chi connectivity index (χ2v) is 7.95. The SMILES string of the molecule is O=C(O)c1cccc2c1OC(NS(=O)(=O)c1ccccc1)C1OCCC21. The van der Waals surface area contributed by atoms with Crippen molar-refractivity contribution >= 4 is 16.0 Å². The summed E-state index contributed by atoms with van der Waals surface area (Å²) in [5.41, 5.74) is 0.749. The minimum absolute atomic E-state index is 0.0109. The first-order valence-electron chi connectivity index (χ1n) is 8.19. The first-order chi connectivity index (χ1) is 12.5. The molecule has 0 saturated carbocycles. The molecule has 1 saturated heterocycles. The summed E-state index contributed by atoms with van der Waals surface area (Å²) in [6.45, 7) is 0.457. The van der Waals surface area contributed by atoms with Crippen molar-refractivity contribution < 1.29 is 27.8 Å². The molecule has 2 aliphatic rings. The number of para-hydroxylation sites is 1. The van der Waals surface area contributed by atoms with E-state index >= 15 is 0 Å². The number of hydrogen-bond acceptors (Lipinski definition) is 5. The summed E-state index contributed by atoms with van der Waals surface area (Å²) < 4.78 is 39.3. The molecule has 2 aliphatic heterocycles. The van der Waals surface area contributed by atoms with Gasteiger partial charge in [-0.25, -0.2) is 13.2 Å². The Kier molecular flexibility index (Phi) is 4.18. The Labute approximate surface area is 150 Å². The number of aromatic carboxylic acids is 1. The predicted octanol–water partition coefficient (Wildman–Crippen LogP) is 1.95. The summed E-state index contributed by atoms with van der Waals surface area (Å²) in [5, 5.41) is 9.43. The molecule has 26 heavy (non-hydrogen) atoms. The molecule has 2 aromatic carbocycles. The molecule has 2 heterocycles. The number of hydrogen-bond donors (Lipinski definition) is 2. The summed E-state index contributed by atoms with van der Waals surface area (Å²) in [5.74, 6) is -1.04. The van der Waals surface area contributed by atoms with Crippen molar-refractivity contribution in [2.75, 3.05) is 6.61 Å². The largest absolute Gasteiger partial charge is 0.478 e. The van der Waals surface area contributed by atoms with Crippen LogP contribution in [0.1, 0.15) is 28.3 Å². The van der Waals surface area contributed by atoms with Crippen LogP contribution in [0.25, 0.3) is 0 Å². The summed E-state index contributed by atoms with van der Waals surface area (Å²) in [4.78, 5) is 11.6. The van der Waals surface area contributed by atoms with Crippen LogP contribution in [0.3, 0.4) is 0 Å². The molecule has 3 unspecified atom stereocenters. The first-order valence-corrected chi connectivity index (χ1v) is 9.67. The van der Waals surface area contributed by atoms with Gasteiger partial charge in [0.15, 0.2) is 6.23 Å². The number of fused-ring (bicyclic) bond motifs is 3. The molecule has 4 rings (SSSR count). The summed E-state index contributed by atoms with van der Waals surface area (Å²) in [6, 6.07) is 12.8. The average molecular weight is 375 g/mol. The highest BCUT2D eigenvalue weighted by molar-refractivity contribution is 7.89. The predicted molar refractivity (Wildman–Crippen MR) is 91.7 cm³/mol. The Bertz CT molecular complexity index is 943. The van der Waals surface area contributed by atoms with Crippen LogP contribution in [0.2, 0.25) is 0 Å². The van der Waals surface area contributed by atoms with Crippen molar-refractivity contribution in [1.82, 2.24) is 4.72 Å². The highest BCUT2D eigenvalue weighted by Crippen LogP contribution is 2.44. The van der Waals surface area contributed by atoms with Crippen molar-refractivity contribution in [1.29, 1.82) is 0 Å². The van der Waals surface area contributed by atoms with Gasteiger partial charge in [0.05, 0.1) is 4.90 Å². The molecule has 7 nitrogen and oxygen atoms in total. The topological polar surface area (TPSA) is 102 Å². The van der Waals surface area contributed by atoms with Gasteiger partial charge in [0, 0.05) is 18.1 Å². The third-order valence-corrected chi connectivity index (χ3v) is 6.11. The number of carbonyl (C=O) groups is 1. The van der Waals surface area contributed by atoms with E-state index in [1.54, 1.807) is 30.3 Å². The maximum atomic E-state index is 12.7. The van der Waals surface area contributed by atoms with Crippen molar-refractivity contribution in [3.05, 3.63) is 59.7 Å². The van der Waals surface area contributed by atoms with Gasteiger partial charge >= 0.3 is 5.97 Å². The first kappa shape index (κ1) is 17.0. The van der Waals surface area contributed by atoms with Gasteiger partial charge in [-0.15, -0.1) is 0 Å². The van der Waals surface area contributed by atoms with Gasteiger partial charge in [-0.1, -0.05) is 30.3 Å². The van der Waals surface area contributed by atoms with Crippen LogP contribution in [0.4, 0.5) is 0 Å². The van der Waals surface area contributed by atoms with Crippen LogP contribution in [0.5, 0.6) is 5.75 Å². The van der Waals surface area contributed by atoms with Gasteiger partial charge in [0.25, 0.3) is 0 Å². The Morgan fingerprint density at radius 2 is 1.88 bits per heavy atom. The third kappa shape index (κ3) is 2.86. The van der Waals surface area contributed by atoms with Crippen LogP contribution in [-0.2, 0) is 14.8 Å². The van der Waals surface area contributed by atoms with E-state index in [0.29, 0.717) is 13.0 Å². The standard InChI is InChI=1S/C18H17NO6S/c20-18(21)14-8-4-7-12-13-9-10-24-16(13)17(25-15(12)14)19-26(22,23)11-5-2-1-3-6-11/h1-8,13,16-17,19H,9-10H2,(H,20,21). The van der Waals surface area contributed by atoms with Gasteiger partial charge in [-0.2, -0.15) is 4.72 Å². The zero-order valence-electron chi connectivity index (χ0n) is 13.7. The minimum Gasteiger partial charge on any atom is -0.478 e. The summed E-state index contributed by atoms with van der Waals surface area (Å²) in [7, 11) is -3.84. The van der Waals surface area contributed by atoms with Gasteiger partial charge in [0.2, 0.25) is 10.0 Å². The molecule has 0 spiro atoms. The molecule has 0 bridgehead atoms. The van der Waals surface area contributed by atoms with Gasteiger partial charge in [-0.3, -0.25) is 0 Å². The highest BCUT2D eigenvalue weighted by atomic mass is 32.2. The smallest absolute Gasteiger partial charge is 0.339 e. The molecular weight excluding hydrogens is 358 g/mol. The molecule has 0 aromatic heterocycles. The Balaban J connectivity index is 1.72. The molecule has 136 valence electrons. The summed E-state index contributed by atoms with van der Waals surface area (Å²) in [6.07, 6.45) is -0.834. The van der Waals surface area contributed by atoms with E-state index in [0.717, 1.165) is 5.56 Å². The minimum atomic E-state index is -3.84. The van der Waals surface area contributed by atoms with E-state index in [1.807, 2.05) is 0 Å². The van der Waals surface area contributed by atoms with Crippen LogP contribution >= 0.6 is 0 Å². The normalized spacial score (nSPS) is 24.4. The van der Waals surface area contributed by atoms with E-state index < -0.39 is 28.3 Å². The lowest BCUT2D eigenvalue weighted by Crippen LogP contribution is -2.51. The molecular formula is C18H17NO6S. The number of sulfonamides is 1. The van der Waals surface area contributed by atoms with Crippen LogP contribution in [-0.4, -0.2) is 38.4 Å². The number of nitrogens with one attached hydrogen (secondary N) is 1. The van der Waals surface area contributed by atoms with E-state index in [9.17, 15) is 18.3 Å². The fourth-order valence-corrected chi connectivity index (χ4v) is 4.63. The molecule has 0 radical (unpaired) electrons. The van der Waals surface area contributed by atoms with Crippen LogP contribution < -0.4 is 9.46 Å². The number of ether oxygens (including phenoxy) is 2. The maximum Gasteiger partial charge on any atom is 0.339 e.